The van der Waals surface area contributed by atoms with Crippen LogP contribution in [0.1, 0.15) is 34.6 Å². The van der Waals surface area contributed by atoms with Crippen molar-refractivity contribution in [2.75, 3.05) is 0 Å². The second-order valence-electron chi connectivity index (χ2n) is 7.78. The lowest BCUT2D eigenvalue weighted by Crippen LogP contribution is -2.52. The van der Waals surface area contributed by atoms with Crippen LogP contribution in [0.15, 0.2) is 12.2 Å². The van der Waals surface area contributed by atoms with Crippen LogP contribution in [0.5, 0.6) is 0 Å². The van der Waals surface area contributed by atoms with Crippen LogP contribution in [-0.2, 0) is 13.9 Å². The molecule has 1 unspecified atom stereocenters. The Bertz CT molecular complexity index is 397. The summed E-state index contributed by atoms with van der Waals surface area (Å²) in [6.45, 7) is 14.8. The van der Waals surface area contributed by atoms with Crippen LogP contribution in [-0.4, -0.2) is 43.6 Å². The molecule has 4 atom stereocenters. The van der Waals surface area contributed by atoms with E-state index in [1.807, 2.05) is 19.9 Å². The summed E-state index contributed by atoms with van der Waals surface area (Å²) in [4.78, 5) is 0. The lowest BCUT2D eigenvalue weighted by atomic mass is 9.96. The van der Waals surface area contributed by atoms with E-state index in [1.54, 1.807) is 6.08 Å². The van der Waals surface area contributed by atoms with E-state index in [4.69, 9.17) is 13.9 Å². The maximum absolute atomic E-state index is 10.1. The smallest absolute Gasteiger partial charge is 0.193 e. The Labute approximate surface area is 123 Å². The first-order valence-corrected chi connectivity index (χ1v) is 10.2. The lowest BCUT2D eigenvalue weighted by molar-refractivity contribution is -0.155. The Kier molecular flexibility index (Phi) is 3.98. The molecular formula is C15H28O4Si. The number of hydrogen-bond acceptors (Lipinski definition) is 4. The molecule has 0 aromatic carbocycles. The van der Waals surface area contributed by atoms with E-state index in [2.05, 4.69) is 33.9 Å². The van der Waals surface area contributed by atoms with Crippen molar-refractivity contribution >= 4 is 8.32 Å². The molecule has 5 heteroatoms. The maximum atomic E-state index is 10.1. The third-order valence-electron chi connectivity index (χ3n) is 4.56. The fourth-order valence-electron chi connectivity index (χ4n) is 2.40. The van der Waals surface area contributed by atoms with Gasteiger partial charge in [-0.05, 0) is 32.0 Å². The molecule has 4 nitrogen and oxygen atoms in total. The summed E-state index contributed by atoms with van der Waals surface area (Å²) in [5, 5.41) is 10.2. The molecule has 20 heavy (non-hydrogen) atoms. The predicted octanol–water partition coefficient (Wildman–Crippen LogP) is 2.83. The van der Waals surface area contributed by atoms with Crippen molar-refractivity contribution in [3.63, 3.8) is 0 Å². The van der Waals surface area contributed by atoms with Gasteiger partial charge in [-0.3, -0.25) is 0 Å². The van der Waals surface area contributed by atoms with Crippen molar-refractivity contribution in [3.05, 3.63) is 12.2 Å². The molecule has 1 aliphatic carbocycles. The number of ether oxygens (including phenoxy) is 2. The molecule has 1 fully saturated rings. The Morgan fingerprint density at radius 2 is 1.65 bits per heavy atom. The highest BCUT2D eigenvalue weighted by molar-refractivity contribution is 6.74. The second kappa shape index (κ2) is 4.92. The van der Waals surface area contributed by atoms with Crippen molar-refractivity contribution < 1.29 is 19.0 Å². The zero-order chi connectivity index (χ0) is 15.3. The summed E-state index contributed by atoms with van der Waals surface area (Å²) in [6.07, 6.45) is 2.34. The van der Waals surface area contributed by atoms with Gasteiger partial charge in [-0.2, -0.15) is 0 Å². The van der Waals surface area contributed by atoms with Crippen molar-refractivity contribution in [1.29, 1.82) is 0 Å². The van der Waals surface area contributed by atoms with Gasteiger partial charge < -0.3 is 19.0 Å². The highest BCUT2D eigenvalue weighted by atomic mass is 28.4. The van der Waals surface area contributed by atoms with Crippen molar-refractivity contribution in [2.45, 2.75) is 83.0 Å². The minimum atomic E-state index is -1.89. The van der Waals surface area contributed by atoms with E-state index in [0.717, 1.165) is 0 Å². The Morgan fingerprint density at radius 1 is 1.10 bits per heavy atom. The average Bonchev–Trinajstić information content (AvgIpc) is 2.57. The molecule has 0 bridgehead atoms. The van der Waals surface area contributed by atoms with Crippen LogP contribution in [0.3, 0.4) is 0 Å². The maximum Gasteiger partial charge on any atom is 0.193 e. The molecule has 0 amide bonds. The van der Waals surface area contributed by atoms with E-state index in [1.165, 1.54) is 0 Å². The quantitative estimate of drug-likeness (QED) is 0.629. The van der Waals surface area contributed by atoms with Gasteiger partial charge in [0.2, 0.25) is 0 Å². The van der Waals surface area contributed by atoms with Crippen LogP contribution in [0.4, 0.5) is 0 Å². The molecule has 1 heterocycles. The largest absolute Gasteiger partial charge is 0.408 e. The molecule has 0 aromatic heterocycles. The summed E-state index contributed by atoms with van der Waals surface area (Å²) >= 11 is 0. The van der Waals surface area contributed by atoms with Crippen molar-refractivity contribution in [1.82, 2.24) is 0 Å². The standard InChI is InChI=1S/C15H28O4Si/c1-14(2,3)20(6,7)19-11-9-8-10(16)12-13(11)18-15(4,5)17-12/h8-13,16H,1-7H3/t10-,11?,12-,13-/m0/s1. The van der Waals surface area contributed by atoms with Gasteiger partial charge in [-0.15, -0.1) is 0 Å². The molecule has 0 spiro atoms. The Hall–Kier alpha value is -0.203. The normalized spacial score (nSPS) is 37.0. The first kappa shape index (κ1) is 16.2. The van der Waals surface area contributed by atoms with E-state index in [0.29, 0.717) is 0 Å². The summed E-state index contributed by atoms with van der Waals surface area (Å²) in [7, 11) is -1.89. The van der Waals surface area contributed by atoms with E-state index < -0.39 is 20.2 Å². The molecule has 2 aliphatic rings. The SMILES string of the molecule is CC1(C)O[C@H]2[C@@H](O)C=CC(O[Si](C)(C)C(C)(C)C)[C@@H]2O1. The Morgan fingerprint density at radius 3 is 2.20 bits per heavy atom. The first-order chi connectivity index (χ1) is 8.93. The van der Waals surface area contributed by atoms with Crippen LogP contribution < -0.4 is 0 Å². The van der Waals surface area contributed by atoms with Crippen LogP contribution in [0.25, 0.3) is 0 Å². The summed E-state index contributed by atoms with van der Waals surface area (Å²) in [5.74, 6) is -0.669. The number of hydrogen-bond donors (Lipinski definition) is 1. The minimum absolute atomic E-state index is 0.140. The first-order valence-electron chi connectivity index (χ1n) is 7.33. The number of fused-ring (bicyclic) bond motifs is 1. The molecule has 1 aliphatic heterocycles. The topological polar surface area (TPSA) is 47.9 Å². The molecular weight excluding hydrogens is 272 g/mol. The van der Waals surface area contributed by atoms with Gasteiger partial charge in [0.15, 0.2) is 14.1 Å². The highest BCUT2D eigenvalue weighted by Crippen LogP contribution is 2.41. The van der Waals surface area contributed by atoms with Gasteiger partial charge in [-0.1, -0.05) is 32.9 Å². The van der Waals surface area contributed by atoms with Crippen molar-refractivity contribution in [2.24, 2.45) is 0 Å². The molecule has 1 saturated heterocycles. The summed E-state index contributed by atoms with van der Waals surface area (Å²) in [6, 6.07) is 0. The van der Waals surface area contributed by atoms with Crippen LogP contribution >= 0.6 is 0 Å². The van der Waals surface area contributed by atoms with Gasteiger partial charge in [0, 0.05) is 0 Å². The lowest BCUT2D eigenvalue weighted by Gasteiger charge is -2.41. The second-order valence-corrected chi connectivity index (χ2v) is 12.5. The van der Waals surface area contributed by atoms with Crippen molar-refractivity contribution in [3.8, 4) is 0 Å². The molecule has 1 N–H and O–H groups in total. The van der Waals surface area contributed by atoms with Gasteiger partial charge in [0.25, 0.3) is 0 Å². The number of rotatable bonds is 2. The van der Waals surface area contributed by atoms with E-state index >= 15 is 0 Å². The van der Waals surface area contributed by atoms with Gasteiger partial charge in [-0.25, -0.2) is 0 Å². The molecule has 116 valence electrons. The van der Waals surface area contributed by atoms with Gasteiger partial charge in [0.05, 0.1) is 6.10 Å². The zero-order valence-corrected chi connectivity index (χ0v) is 14.6. The molecule has 0 saturated carbocycles. The van der Waals surface area contributed by atoms with E-state index in [-0.39, 0.29) is 23.4 Å². The third-order valence-corrected chi connectivity index (χ3v) is 9.03. The molecule has 0 radical (unpaired) electrons. The zero-order valence-electron chi connectivity index (χ0n) is 13.6. The van der Waals surface area contributed by atoms with Gasteiger partial charge >= 0.3 is 0 Å². The number of aliphatic hydroxyl groups excluding tert-OH is 1. The fourth-order valence-corrected chi connectivity index (χ4v) is 3.65. The predicted molar refractivity (Wildman–Crippen MR) is 81.0 cm³/mol. The monoisotopic (exact) mass is 300 g/mol. The average molecular weight is 300 g/mol. The number of aliphatic hydroxyl groups is 1. The third kappa shape index (κ3) is 3.02. The fraction of sp³-hybridized carbons (Fsp3) is 0.867. The van der Waals surface area contributed by atoms with E-state index in [9.17, 15) is 5.11 Å². The summed E-state index contributed by atoms with van der Waals surface area (Å²) in [5.41, 5.74) is 0. The minimum Gasteiger partial charge on any atom is -0.408 e. The van der Waals surface area contributed by atoms with Crippen LogP contribution in [0, 0.1) is 0 Å². The highest BCUT2D eigenvalue weighted by Gasteiger charge is 2.51. The van der Waals surface area contributed by atoms with Gasteiger partial charge in [0.1, 0.15) is 18.3 Å². The summed E-state index contributed by atoms with van der Waals surface area (Å²) < 4.78 is 18.2. The molecule has 2 rings (SSSR count). The molecule has 0 aromatic rings. The van der Waals surface area contributed by atoms with Crippen LogP contribution in [0.2, 0.25) is 18.1 Å². The Balaban J connectivity index is 2.19.